The van der Waals surface area contributed by atoms with Crippen LogP contribution in [0.3, 0.4) is 0 Å². The quantitative estimate of drug-likeness (QED) is 0.0195. The Kier molecular flexibility index (Phi) is 60.1. The van der Waals surface area contributed by atoms with Crippen LogP contribution in [-0.4, -0.2) is 70.0 Å². The molecule has 0 amide bonds. The van der Waals surface area contributed by atoms with Gasteiger partial charge in [0.2, 0.25) is 0 Å². The van der Waals surface area contributed by atoms with Crippen LogP contribution in [0.4, 0.5) is 0 Å². The number of ether oxygens (including phenoxy) is 2. The van der Waals surface area contributed by atoms with Gasteiger partial charge in [-0.3, -0.25) is 14.2 Å². The molecule has 0 saturated carbocycles. The first-order chi connectivity index (χ1) is 40.0. The van der Waals surface area contributed by atoms with Crippen molar-refractivity contribution in [1.82, 2.24) is 0 Å². The molecule has 474 valence electrons. The number of quaternary nitrogens is 1. The fraction of sp³-hybridized carbons (Fsp3) is 0.750. The van der Waals surface area contributed by atoms with Gasteiger partial charge in [0.05, 0.1) is 27.7 Å². The fourth-order valence-corrected chi connectivity index (χ4v) is 10.1. The van der Waals surface area contributed by atoms with Gasteiger partial charge in [-0.05, 0) is 89.9 Å². The molecule has 0 aromatic rings. The summed E-state index contributed by atoms with van der Waals surface area (Å²) in [7, 11) is 1.13. The Bertz CT molecular complexity index is 1710. The highest BCUT2D eigenvalue weighted by Gasteiger charge is 2.22. The Labute approximate surface area is 506 Å². The van der Waals surface area contributed by atoms with Gasteiger partial charge in [-0.2, -0.15) is 0 Å². The van der Waals surface area contributed by atoms with Gasteiger partial charge in [0, 0.05) is 12.8 Å². The predicted octanol–water partition coefficient (Wildman–Crippen LogP) is 21.3. The molecule has 0 heterocycles. The number of carbonyl (C=O) groups is 2. The first-order valence-electron chi connectivity index (χ1n) is 33.9. The summed E-state index contributed by atoms with van der Waals surface area (Å²) in [6.07, 6.45) is 86.7. The molecule has 0 aliphatic carbocycles. The molecule has 0 fully saturated rings. The molecule has 10 heteroatoms. The van der Waals surface area contributed by atoms with E-state index >= 15 is 0 Å². The van der Waals surface area contributed by atoms with Crippen molar-refractivity contribution in [3.05, 3.63) is 97.2 Å². The molecular weight excluding hydrogens is 1040 g/mol. The molecule has 2 unspecified atom stereocenters. The lowest BCUT2D eigenvalue weighted by Gasteiger charge is -2.28. The number of carbonyl (C=O) groups excluding carboxylic acids is 2. The average Bonchev–Trinajstić information content (AvgIpc) is 3.46. The number of hydrogen-bond donors (Lipinski definition) is 0. The Balaban J connectivity index is 3.92. The largest absolute Gasteiger partial charge is 0.756 e. The van der Waals surface area contributed by atoms with Gasteiger partial charge in [-0.1, -0.05) is 291 Å². The van der Waals surface area contributed by atoms with Crippen molar-refractivity contribution in [2.45, 2.75) is 302 Å². The molecule has 2 atom stereocenters. The Morgan fingerprint density at radius 1 is 0.390 bits per heavy atom. The summed E-state index contributed by atoms with van der Waals surface area (Å²) in [5.74, 6) is -0.897. The van der Waals surface area contributed by atoms with E-state index in [1.54, 1.807) is 0 Å². The van der Waals surface area contributed by atoms with Gasteiger partial charge in [-0.25, -0.2) is 0 Å². The van der Waals surface area contributed by atoms with E-state index in [1.165, 1.54) is 193 Å². The standard InChI is InChI=1S/C72H128NO8P/c1-6-8-10-12-14-16-18-20-22-24-25-26-27-28-29-30-31-32-33-34-35-36-37-38-39-40-41-42-43-44-45-46-47-49-50-52-54-56-58-60-62-64-71(74)78-68-70(69-80-82(76,77)79-67-66-73(3,4)5)81-72(75)65-63-61-59-57-55-53-51-48-23-21-19-17-15-13-11-9-7-2/h9,11,15,17-18,20-21,23-25,27-28,51,53,57,59,70H,6-8,10,12-14,16,19,22,26,29-50,52,54-56,58,60-69H2,1-5H3/b11-9-,17-15-,20-18-,23-21-,25-24-,28-27-,53-51-,59-57-. The highest BCUT2D eigenvalue weighted by Crippen LogP contribution is 2.38. The number of unbranched alkanes of at least 4 members (excludes halogenated alkanes) is 32. The van der Waals surface area contributed by atoms with Gasteiger partial charge in [0.15, 0.2) is 6.10 Å². The first kappa shape index (κ1) is 78.9. The minimum Gasteiger partial charge on any atom is -0.756 e. The van der Waals surface area contributed by atoms with E-state index in [0.29, 0.717) is 23.9 Å². The zero-order chi connectivity index (χ0) is 59.8. The molecule has 0 rings (SSSR count). The molecule has 0 N–H and O–H groups in total. The molecule has 82 heavy (non-hydrogen) atoms. The molecular formula is C72H128NO8P. The Morgan fingerprint density at radius 2 is 0.707 bits per heavy atom. The van der Waals surface area contributed by atoms with Gasteiger partial charge < -0.3 is 27.9 Å². The summed E-state index contributed by atoms with van der Waals surface area (Å²) in [6, 6.07) is 0. The lowest BCUT2D eigenvalue weighted by atomic mass is 10.0. The van der Waals surface area contributed by atoms with Crippen LogP contribution in [0.1, 0.15) is 296 Å². The molecule has 0 aromatic carbocycles. The van der Waals surface area contributed by atoms with Crippen molar-refractivity contribution >= 4 is 19.8 Å². The van der Waals surface area contributed by atoms with Crippen molar-refractivity contribution in [3.8, 4) is 0 Å². The van der Waals surface area contributed by atoms with Crippen molar-refractivity contribution in [1.29, 1.82) is 0 Å². The fourth-order valence-electron chi connectivity index (χ4n) is 9.41. The smallest absolute Gasteiger partial charge is 0.306 e. The molecule has 0 bridgehead atoms. The van der Waals surface area contributed by atoms with Crippen molar-refractivity contribution in [2.75, 3.05) is 47.5 Å². The van der Waals surface area contributed by atoms with Crippen LogP contribution >= 0.6 is 7.82 Å². The first-order valence-corrected chi connectivity index (χ1v) is 35.4. The number of likely N-dealkylation sites (N-methyl/N-ethyl adjacent to an activating group) is 1. The maximum absolute atomic E-state index is 12.8. The number of hydrogen-bond acceptors (Lipinski definition) is 8. The van der Waals surface area contributed by atoms with E-state index in [2.05, 4.69) is 105 Å². The third-order valence-corrected chi connectivity index (χ3v) is 15.6. The minimum absolute atomic E-state index is 0.0441. The summed E-state index contributed by atoms with van der Waals surface area (Å²) in [6.45, 7) is 4.06. The number of phosphoric acid groups is 1. The van der Waals surface area contributed by atoms with Gasteiger partial charge in [-0.15, -0.1) is 0 Å². The summed E-state index contributed by atoms with van der Waals surface area (Å²) < 4.78 is 34.1. The molecule has 9 nitrogen and oxygen atoms in total. The van der Waals surface area contributed by atoms with Gasteiger partial charge >= 0.3 is 11.9 Å². The number of nitrogens with zero attached hydrogens (tertiary/aromatic N) is 1. The summed E-state index contributed by atoms with van der Waals surface area (Å²) in [5, 5.41) is 0. The maximum atomic E-state index is 12.8. The zero-order valence-electron chi connectivity index (χ0n) is 53.9. The Hall–Kier alpha value is -3.07. The van der Waals surface area contributed by atoms with Gasteiger partial charge in [0.25, 0.3) is 7.82 Å². The lowest BCUT2D eigenvalue weighted by molar-refractivity contribution is -0.870. The van der Waals surface area contributed by atoms with Crippen LogP contribution in [0.5, 0.6) is 0 Å². The van der Waals surface area contributed by atoms with Gasteiger partial charge in [0.1, 0.15) is 19.8 Å². The second-order valence-electron chi connectivity index (χ2n) is 23.8. The summed E-state index contributed by atoms with van der Waals surface area (Å²) in [5.41, 5.74) is 0. The van der Waals surface area contributed by atoms with Crippen LogP contribution in [0.25, 0.3) is 0 Å². The number of rotatable bonds is 62. The highest BCUT2D eigenvalue weighted by molar-refractivity contribution is 7.45. The van der Waals surface area contributed by atoms with E-state index in [0.717, 1.165) is 64.2 Å². The highest BCUT2D eigenvalue weighted by atomic mass is 31.2. The van der Waals surface area contributed by atoms with Crippen molar-refractivity contribution in [3.63, 3.8) is 0 Å². The molecule has 0 aliphatic heterocycles. The van der Waals surface area contributed by atoms with E-state index in [4.69, 9.17) is 18.5 Å². The second-order valence-corrected chi connectivity index (χ2v) is 25.2. The molecule has 0 saturated heterocycles. The predicted molar refractivity (Wildman–Crippen MR) is 351 cm³/mol. The summed E-state index contributed by atoms with van der Waals surface area (Å²) >= 11 is 0. The Morgan fingerprint density at radius 3 is 1.07 bits per heavy atom. The summed E-state index contributed by atoms with van der Waals surface area (Å²) in [4.78, 5) is 37.9. The van der Waals surface area contributed by atoms with Crippen LogP contribution in [0.2, 0.25) is 0 Å². The normalized spacial score (nSPS) is 13.8. The van der Waals surface area contributed by atoms with Crippen LogP contribution in [0.15, 0.2) is 97.2 Å². The molecule has 0 spiro atoms. The monoisotopic (exact) mass is 1170 g/mol. The average molecular weight is 1170 g/mol. The SMILES string of the molecule is CC/C=C\C/C=C\C/C=C\C/C=C\C/C=C\CCCC(=O)OC(COC(=O)CCCCCCCCCCCCCCCCCCCCCCCCCCCC/C=C\C/C=C\C/C=C\CCCCCCC)COP(=O)([O-])OCC[N+](C)(C)C. The van der Waals surface area contributed by atoms with Crippen LogP contribution in [-0.2, 0) is 32.7 Å². The number of esters is 2. The third-order valence-electron chi connectivity index (χ3n) is 14.6. The molecule has 0 aromatic heterocycles. The number of phosphoric ester groups is 1. The minimum atomic E-state index is -4.66. The maximum Gasteiger partial charge on any atom is 0.306 e. The van der Waals surface area contributed by atoms with Crippen molar-refractivity contribution in [2.24, 2.45) is 0 Å². The van der Waals surface area contributed by atoms with E-state index in [-0.39, 0.29) is 26.1 Å². The van der Waals surface area contributed by atoms with Crippen LogP contribution in [0, 0.1) is 0 Å². The topological polar surface area (TPSA) is 111 Å². The van der Waals surface area contributed by atoms with Crippen molar-refractivity contribution < 1.29 is 42.1 Å². The van der Waals surface area contributed by atoms with E-state index in [9.17, 15) is 19.0 Å². The lowest BCUT2D eigenvalue weighted by Crippen LogP contribution is -2.37. The van der Waals surface area contributed by atoms with Crippen LogP contribution < -0.4 is 4.89 Å². The van der Waals surface area contributed by atoms with E-state index < -0.39 is 32.5 Å². The zero-order valence-corrected chi connectivity index (χ0v) is 54.8. The van der Waals surface area contributed by atoms with E-state index in [1.807, 2.05) is 27.2 Å². The molecule has 0 radical (unpaired) electrons. The molecule has 0 aliphatic rings. The second kappa shape index (κ2) is 62.5. The third kappa shape index (κ3) is 66.1. The number of allylic oxidation sites excluding steroid dienone is 16.